The molecule has 1 aliphatic heterocycles. The number of pyridine rings is 1. The smallest absolute Gasteiger partial charge is 0.253 e. The van der Waals surface area contributed by atoms with Crippen LogP contribution in [0.1, 0.15) is 21.5 Å². The average molecular weight is 306 g/mol. The van der Waals surface area contributed by atoms with E-state index in [1.165, 1.54) is 0 Å². The van der Waals surface area contributed by atoms with Gasteiger partial charge in [0.25, 0.3) is 5.91 Å². The Kier molecular flexibility index (Phi) is 4.24. The van der Waals surface area contributed by atoms with E-state index in [1.807, 2.05) is 42.2 Å². The zero-order chi connectivity index (χ0) is 16.2. The number of nitrogens with zero attached hydrogens (tertiary/aromatic N) is 4. The van der Waals surface area contributed by atoms with Crippen LogP contribution < -0.4 is 4.90 Å². The van der Waals surface area contributed by atoms with Crippen molar-refractivity contribution < 1.29 is 4.79 Å². The summed E-state index contributed by atoms with van der Waals surface area (Å²) in [7, 11) is 0. The molecule has 0 bridgehead atoms. The van der Waals surface area contributed by atoms with Crippen molar-refractivity contribution in [3.8, 4) is 6.07 Å². The minimum atomic E-state index is 0.0810. The summed E-state index contributed by atoms with van der Waals surface area (Å²) < 4.78 is 0. The molecule has 1 amide bonds. The van der Waals surface area contributed by atoms with Crippen LogP contribution >= 0.6 is 0 Å². The molecule has 2 heterocycles. The van der Waals surface area contributed by atoms with E-state index in [0.717, 1.165) is 30.0 Å². The lowest BCUT2D eigenvalue weighted by atomic mass is 10.1. The van der Waals surface area contributed by atoms with Crippen LogP contribution in [0.4, 0.5) is 5.82 Å². The van der Waals surface area contributed by atoms with E-state index in [2.05, 4.69) is 16.0 Å². The molecule has 0 atom stereocenters. The summed E-state index contributed by atoms with van der Waals surface area (Å²) in [4.78, 5) is 20.8. The van der Waals surface area contributed by atoms with Crippen LogP contribution in [-0.4, -0.2) is 42.0 Å². The van der Waals surface area contributed by atoms with Crippen LogP contribution in [0.5, 0.6) is 0 Å². The highest BCUT2D eigenvalue weighted by Gasteiger charge is 2.22. The summed E-state index contributed by atoms with van der Waals surface area (Å²) in [6.45, 7) is 4.85. The standard InChI is InChI=1S/C18H18N4O/c1-14-2-5-16(6-3-14)18(23)22-10-8-21(9-11-22)17-7-4-15(12-19)13-20-17/h2-7,13H,8-11H2,1H3. The Morgan fingerprint density at radius 1 is 1.09 bits per heavy atom. The molecular weight excluding hydrogens is 288 g/mol. The first-order valence-corrected chi connectivity index (χ1v) is 7.64. The van der Waals surface area contributed by atoms with Crippen molar-refractivity contribution in [3.05, 3.63) is 59.3 Å². The van der Waals surface area contributed by atoms with Gasteiger partial charge in [-0.25, -0.2) is 4.98 Å². The van der Waals surface area contributed by atoms with Gasteiger partial charge in [-0.2, -0.15) is 5.26 Å². The molecule has 0 saturated carbocycles. The summed E-state index contributed by atoms with van der Waals surface area (Å²) in [6.07, 6.45) is 1.58. The van der Waals surface area contributed by atoms with Gasteiger partial charge >= 0.3 is 0 Å². The molecule has 0 radical (unpaired) electrons. The quantitative estimate of drug-likeness (QED) is 0.853. The number of nitriles is 1. The molecule has 116 valence electrons. The van der Waals surface area contributed by atoms with Gasteiger partial charge in [-0.05, 0) is 31.2 Å². The molecule has 1 aliphatic rings. The first-order chi connectivity index (χ1) is 11.2. The van der Waals surface area contributed by atoms with Crippen LogP contribution in [0.3, 0.4) is 0 Å². The zero-order valence-corrected chi connectivity index (χ0v) is 13.1. The van der Waals surface area contributed by atoms with Gasteiger partial charge in [-0.15, -0.1) is 0 Å². The number of aromatic nitrogens is 1. The summed E-state index contributed by atoms with van der Waals surface area (Å²) in [6, 6.07) is 13.4. The average Bonchev–Trinajstić information content (AvgIpc) is 2.62. The predicted octanol–water partition coefficient (Wildman–Crippen LogP) is 2.22. The lowest BCUT2D eigenvalue weighted by Gasteiger charge is -2.35. The van der Waals surface area contributed by atoms with Crippen molar-refractivity contribution in [2.45, 2.75) is 6.92 Å². The van der Waals surface area contributed by atoms with E-state index < -0.39 is 0 Å². The van der Waals surface area contributed by atoms with Crippen LogP contribution in [-0.2, 0) is 0 Å². The van der Waals surface area contributed by atoms with E-state index >= 15 is 0 Å². The minimum Gasteiger partial charge on any atom is -0.353 e. The third-order valence-electron chi connectivity index (χ3n) is 4.07. The zero-order valence-electron chi connectivity index (χ0n) is 13.1. The third kappa shape index (κ3) is 3.32. The van der Waals surface area contributed by atoms with E-state index in [-0.39, 0.29) is 5.91 Å². The van der Waals surface area contributed by atoms with E-state index in [9.17, 15) is 4.79 Å². The SMILES string of the molecule is Cc1ccc(C(=O)N2CCN(c3ccc(C#N)cn3)CC2)cc1. The maximum atomic E-state index is 12.5. The number of rotatable bonds is 2. The van der Waals surface area contributed by atoms with Crippen molar-refractivity contribution in [3.63, 3.8) is 0 Å². The predicted molar refractivity (Wildman–Crippen MR) is 88.2 cm³/mol. The van der Waals surface area contributed by atoms with Gasteiger partial charge in [0.15, 0.2) is 0 Å². The molecule has 0 unspecified atom stereocenters. The fraction of sp³-hybridized carbons (Fsp3) is 0.278. The summed E-state index contributed by atoms with van der Waals surface area (Å²) in [5, 5.41) is 8.81. The molecule has 1 aromatic carbocycles. The first kappa shape index (κ1) is 15.0. The van der Waals surface area contributed by atoms with Gasteiger partial charge in [0.05, 0.1) is 5.56 Å². The monoisotopic (exact) mass is 306 g/mol. The number of piperazine rings is 1. The molecule has 5 heteroatoms. The number of benzene rings is 1. The lowest BCUT2D eigenvalue weighted by molar-refractivity contribution is 0.0746. The lowest BCUT2D eigenvalue weighted by Crippen LogP contribution is -2.49. The second-order valence-corrected chi connectivity index (χ2v) is 5.66. The second-order valence-electron chi connectivity index (χ2n) is 5.66. The van der Waals surface area contributed by atoms with Gasteiger partial charge in [-0.3, -0.25) is 4.79 Å². The van der Waals surface area contributed by atoms with E-state index in [1.54, 1.807) is 12.3 Å². The Balaban J connectivity index is 1.62. The second kappa shape index (κ2) is 6.49. The number of anilines is 1. The van der Waals surface area contributed by atoms with Crippen molar-refractivity contribution >= 4 is 11.7 Å². The highest BCUT2D eigenvalue weighted by Crippen LogP contribution is 2.15. The molecule has 1 fully saturated rings. The Bertz CT molecular complexity index is 723. The molecule has 1 aromatic heterocycles. The Labute approximate surface area is 135 Å². The van der Waals surface area contributed by atoms with Crippen LogP contribution in [0.2, 0.25) is 0 Å². The first-order valence-electron chi connectivity index (χ1n) is 7.64. The molecule has 23 heavy (non-hydrogen) atoms. The molecule has 3 rings (SSSR count). The third-order valence-corrected chi connectivity index (χ3v) is 4.07. The minimum absolute atomic E-state index is 0.0810. The molecule has 0 N–H and O–H groups in total. The number of aryl methyl sites for hydroxylation is 1. The molecule has 1 saturated heterocycles. The fourth-order valence-corrected chi connectivity index (χ4v) is 2.66. The van der Waals surface area contributed by atoms with Crippen molar-refractivity contribution in [2.75, 3.05) is 31.1 Å². The molecule has 0 spiro atoms. The van der Waals surface area contributed by atoms with Gasteiger partial charge in [0.2, 0.25) is 0 Å². The molecule has 0 aliphatic carbocycles. The van der Waals surface area contributed by atoms with Crippen LogP contribution in [0.15, 0.2) is 42.6 Å². The summed E-state index contributed by atoms with van der Waals surface area (Å²) in [5.74, 6) is 0.934. The number of carbonyl (C=O) groups is 1. The molecule has 2 aromatic rings. The fourth-order valence-electron chi connectivity index (χ4n) is 2.66. The molecule has 5 nitrogen and oxygen atoms in total. The molecular formula is C18H18N4O. The number of amides is 1. The maximum absolute atomic E-state index is 12.5. The highest BCUT2D eigenvalue weighted by atomic mass is 16.2. The Morgan fingerprint density at radius 3 is 2.35 bits per heavy atom. The maximum Gasteiger partial charge on any atom is 0.253 e. The van der Waals surface area contributed by atoms with Gasteiger partial charge in [0, 0.05) is 37.9 Å². The Morgan fingerprint density at radius 2 is 1.78 bits per heavy atom. The largest absolute Gasteiger partial charge is 0.353 e. The van der Waals surface area contributed by atoms with E-state index in [0.29, 0.717) is 18.7 Å². The van der Waals surface area contributed by atoms with Crippen molar-refractivity contribution in [1.29, 1.82) is 5.26 Å². The van der Waals surface area contributed by atoms with Crippen molar-refractivity contribution in [2.24, 2.45) is 0 Å². The van der Waals surface area contributed by atoms with Gasteiger partial charge in [-0.1, -0.05) is 17.7 Å². The number of hydrogen-bond acceptors (Lipinski definition) is 4. The number of hydrogen-bond donors (Lipinski definition) is 0. The normalized spacial score (nSPS) is 14.4. The van der Waals surface area contributed by atoms with Gasteiger partial charge in [0.1, 0.15) is 11.9 Å². The van der Waals surface area contributed by atoms with E-state index in [4.69, 9.17) is 5.26 Å². The highest BCUT2D eigenvalue weighted by molar-refractivity contribution is 5.94. The number of carbonyl (C=O) groups excluding carboxylic acids is 1. The van der Waals surface area contributed by atoms with Crippen LogP contribution in [0.25, 0.3) is 0 Å². The Hall–Kier alpha value is -2.87. The summed E-state index contributed by atoms with van der Waals surface area (Å²) in [5.41, 5.74) is 2.45. The topological polar surface area (TPSA) is 60.2 Å². The van der Waals surface area contributed by atoms with Gasteiger partial charge < -0.3 is 9.80 Å². The van der Waals surface area contributed by atoms with Crippen molar-refractivity contribution in [1.82, 2.24) is 9.88 Å². The van der Waals surface area contributed by atoms with Crippen LogP contribution in [0, 0.1) is 18.3 Å². The summed E-state index contributed by atoms with van der Waals surface area (Å²) >= 11 is 0.